The van der Waals surface area contributed by atoms with Gasteiger partial charge in [-0.05, 0) is 31.2 Å². The lowest BCUT2D eigenvalue weighted by atomic mass is 10.1. The third kappa shape index (κ3) is 2.90. The molecule has 24 heavy (non-hydrogen) atoms. The number of benzene rings is 2. The van der Waals surface area contributed by atoms with Crippen LogP contribution in [0.4, 0.5) is 0 Å². The summed E-state index contributed by atoms with van der Waals surface area (Å²) >= 11 is 0. The van der Waals surface area contributed by atoms with Crippen LogP contribution in [0, 0.1) is 0 Å². The molecular formula is C18H18N2O4. The molecule has 0 bridgehead atoms. The summed E-state index contributed by atoms with van der Waals surface area (Å²) in [6.07, 6.45) is 0. The van der Waals surface area contributed by atoms with E-state index >= 15 is 0 Å². The van der Waals surface area contributed by atoms with Gasteiger partial charge >= 0.3 is 5.76 Å². The number of fused-ring (bicyclic) bond motifs is 1. The Morgan fingerprint density at radius 3 is 2.79 bits per heavy atom. The first-order valence-electron chi connectivity index (χ1n) is 7.67. The molecule has 0 unspecified atom stereocenters. The number of nitrogens with zero attached hydrogens (tertiary/aromatic N) is 1. The van der Waals surface area contributed by atoms with Crippen LogP contribution < -0.4 is 15.8 Å². The third-order valence-electron chi connectivity index (χ3n) is 3.88. The van der Waals surface area contributed by atoms with Crippen LogP contribution in [0.1, 0.15) is 22.8 Å². The molecule has 0 fully saturated rings. The molecule has 0 aliphatic rings. The number of carbonyl (C=O) groups is 1. The van der Waals surface area contributed by atoms with E-state index in [1.165, 1.54) is 4.57 Å². The number of hydrogen-bond donors (Lipinski definition) is 1. The predicted octanol–water partition coefficient (Wildman–Crippen LogP) is 2.55. The Bertz CT molecular complexity index is 940. The fourth-order valence-electron chi connectivity index (χ4n) is 2.63. The van der Waals surface area contributed by atoms with Gasteiger partial charge in [-0.3, -0.25) is 9.36 Å². The molecule has 1 aromatic heterocycles. The monoisotopic (exact) mass is 326 g/mol. The van der Waals surface area contributed by atoms with Gasteiger partial charge in [0.25, 0.3) is 5.91 Å². The lowest BCUT2D eigenvalue weighted by Gasteiger charge is -2.09. The van der Waals surface area contributed by atoms with Crippen molar-refractivity contribution >= 4 is 17.0 Å². The van der Waals surface area contributed by atoms with Gasteiger partial charge in [-0.2, -0.15) is 0 Å². The summed E-state index contributed by atoms with van der Waals surface area (Å²) in [5, 5.41) is 2.86. The molecule has 3 rings (SSSR count). The minimum atomic E-state index is -0.418. The maximum Gasteiger partial charge on any atom is 0.419 e. The van der Waals surface area contributed by atoms with Crippen LogP contribution in [-0.2, 0) is 13.1 Å². The number of para-hydroxylation sites is 1. The van der Waals surface area contributed by atoms with Crippen LogP contribution in [0.25, 0.3) is 11.1 Å². The lowest BCUT2D eigenvalue weighted by Crippen LogP contribution is -2.23. The molecule has 0 saturated carbocycles. The summed E-state index contributed by atoms with van der Waals surface area (Å²) in [5.74, 6) is 0.0843. The Balaban J connectivity index is 1.82. The smallest absolute Gasteiger partial charge is 0.419 e. The number of methoxy groups -OCH3 is 1. The van der Waals surface area contributed by atoms with Crippen molar-refractivity contribution in [3.8, 4) is 5.75 Å². The molecule has 0 saturated heterocycles. The first-order chi connectivity index (χ1) is 11.6. The van der Waals surface area contributed by atoms with E-state index in [-0.39, 0.29) is 5.91 Å². The number of oxazole rings is 1. The van der Waals surface area contributed by atoms with E-state index in [0.717, 1.165) is 11.3 Å². The number of hydrogen-bond acceptors (Lipinski definition) is 4. The maximum absolute atomic E-state index is 12.4. The molecule has 1 N–H and O–H groups in total. The van der Waals surface area contributed by atoms with Crippen LogP contribution >= 0.6 is 0 Å². The Hall–Kier alpha value is -3.02. The van der Waals surface area contributed by atoms with Crippen LogP contribution in [-0.4, -0.2) is 17.6 Å². The largest absolute Gasteiger partial charge is 0.496 e. The van der Waals surface area contributed by atoms with Gasteiger partial charge in [0.2, 0.25) is 0 Å². The number of ether oxygens (including phenoxy) is 1. The van der Waals surface area contributed by atoms with Crippen molar-refractivity contribution in [2.75, 3.05) is 7.11 Å². The van der Waals surface area contributed by atoms with Crippen molar-refractivity contribution < 1.29 is 13.9 Å². The van der Waals surface area contributed by atoms with Crippen LogP contribution in [0.2, 0.25) is 0 Å². The van der Waals surface area contributed by atoms with Crippen molar-refractivity contribution in [1.82, 2.24) is 9.88 Å². The summed E-state index contributed by atoms with van der Waals surface area (Å²) in [5.41, 5.74) is 2.46. The number of amides is 1. The van der Waals surface area contributed by atoms with E-state index in [0.29, 0.717) is 29.8 Å². The van der Waals surface area contributed by atoms with Gasteiger partial charge in [-0.25, -0.2) is 4.79 Å². The average molecular weight is 326 g/mol. The molecule has 1 heterocycles. The zero-order valence-electron chi connectivity index (χ0n) is 13.5. The number of aromatic nitrogens is 1. The zero-order valence-corrected chi connectivity index (χ0v) is 13.5. The summed E-state index contributed by atoms with van der Waals surface area (Å²) in [7, 11) is 1.59. The molecule has 3 aromatic rings. The molecular weight excluding hydrogens is 308 g/mol. The molecule has 0 spiro atoms. The molecule has 0 radical (unpaired) electrons. The van der Waals surface area contributed by atoms with Gasteiger partial charge in [0, 0.05) is 24.2 Å². The molecule has 2 aromatic carbocycles. The highest BCUT2D eigenvalue weighted by Gasteiger charge is 2.12. The fourth-order valence-corrected chi connectivity index (χ4v) is 2.63. The van der Waals surface area contributed by atoms with E-state index in [2.05, 4.69) is 5.32 Å². The van der Waals surface area contributed by atoms with Crippen molar-refractivity contribution in [1.29, 1.82) is 0 Å². The maximum atomic E-state index is 12.4. The standard InChI is InChI=1S/C18H18N2O4/c1-3-20-14-10-12(8-9-16(14)24-18(20)22)17(21)19-11-13-6-4-5-7-15(13)23-2/h4-10H,3,11H2,1-2H3,(H,19,21). The normalized spacial score (nSPS) is 10.8. The Morgan fingerprint density at radius 2 is 2.04 bits per heavy atom. The topological polar surface area (TPSA) is 73.5 Å². The van der Waals surface area contributed by atoms with E-state index < -0.39 is 5.76 Å². The van der Waals surface area contributed by atoms with Crippen LogP contribution in [0.15, 0.2) is 51.7 Å². The first kappa shape index (κ1) is 15.9. The molecule has 0 atom stereocenters. The quantitative estimate of drug-likeness (QED) is 0.782. The summed E-state index contributed by atoms with van der Waals surface area (Å²) in [6, 6.07) is 12.5. The van der Waals surface area contributed by atoms with Crippen molar-refractivity contribution in [2.24, 2.45) is 0 Å². The number of nitrogens with one attached hydrogen (secondary N) is 1. The van der Waals surface area contributed by atoms with E-state index in [1.54, 1.807) is 25.3 Å². The van der Waals surface area contributed by atoms with Gasteiger partial charge in [0.1, 0.15) is 5.75 Å². The molecule has 124 valence electrons. The SMILES string of the molecule is CCn1c(=O)oc2ccc(C(=O)NCc3ccccc3OC)cc21. The Morgan fingerprint density at radius 1 is 1.25 bits per heavy atom. The van der Waals surface area contributed by atoms with Crippen molar-refractivity contribution in [2.45, 2.75) is 20.0 Å². The Kier molecular flexibility index (Phi) is 4.37. The average Bonchev–Trinajstić information content (AvgIpc) is 2.93. The predicted molar refractivity (Wildman–Crippen MR) is 90.3 cm³/mol. The first-order valence-corrected chi connectivity index (χ1v) is 7.67. The third-order valence-corrected chi connectivity index (χ3v) is 3.88. The zero-order chi connectivity index (χ0) is 17.1. The second-order valence-corrected chi connectivity index (χ2v) is 5.29. The van der Waals surface area contributed by atoms with E-state index in [9.17, 15) is 9.59 Å². The highest BCUT2D eigenvalue weighted by Crippen LogP contribution is 2.18. The van der Waals surface area contributed by atoms with Crippen molar-refractivity contribution in [3.05, 3.63) is 64.1 Å². The minimum Gasteiger partial charge on any atom is -0.496 e. The number of carbonyl (C=O) groups excluding carboxylic acids is 1. The number of rotatable bonds is 5. The number of aryl methyl sites for hydroxylation is 1. The second-order valence-electron chi connectivity index (χ2n) is 5.29. The van der Waals surface area contributed by atoms with Crippen LogP contribution in [0.3, 0.4) is 0 Å². The van der Waals surface area contributed by atoms with Gasteiger partial charge in [-0.1, -0.05) is 18.2 Å². The summed E-state index contributed by atoms with van der Waals surface area (Å²) < 4.78 is 11.9. The molecule has 0 aliphatic carbocycles. The lowest BCUT2D eigenvalue weighted by molar-refractivity contribution is 0.0951. The fraction of sp³-hybridized carbons (Fsp3) is 0.222. The molecule has 6 heteroatoms. The summed E-state index contributed by atoms with van der Waals surface area (Å²) in [4.78, 5) is 24.1. The highest BCUT2D eigenvalue weighted by atomic mass is 16.5. The van der Waals surface area contributed by atoms with Gasteiger partial charge in [0.15, 0.2) is 5.58 Å². The molecule has 6 nitrogen and oxygen atoms in total. The second kappa shape index (κ2) is 6.62. The van der Waals surface area contributed by atoms with E-state index in [4.69, 9.17) is 9.15 Å². The van der Waals surface area contributed by atoms with Gasteiger partial charge < -0.3 is 14.5 Å². The van der Waals surface area contributed by atoms with Crippen LogP contribution in [0.5, 0.6) is 5.75 Å². The van der Waals surface area contributed by atoms with Crippen molar-refractivity contribution in [3.63, 3.8) is 0 Å². The molecule has 1 amide bonds. The van der Waals surface area contributed by atoms with Gasteiger partial charge in [-0.15, -0.1) is 0 Å². The Labute approximate surface area is 138 Å². The summed E-state index contributed by atoms with van der Waals surface area (Å²) in [6.45, 7) is 2.69. The van der Waals surface area contributed by atoms with Gasteiger partial charge in [0.05, 0.1) is 12.6 Å². The van der Waals surface area contributed by atoms with E-state index in [1.807, 2.05) is 31.2 Å². The highest BCUT2D eigenvalue weighted by molar-refractivity contribution is 5.97. The minimum absolute atomic E-state index is 0.223. The molecule has 0 aliphatic heterocycles.